The third kappa shape index (κ3) is 6.04. The summed E-state index contributed by atoms with van der Waals surface area (Å²) in [5.41, 5.74) is 1.83. The maximum absolute atomic E-state index is 12.5. The van der Waals surface area contributed by atoms with Crippen LogP contribution in [0.2, 0.25) is 5.02 Å². The number of nitrogens with one attached hydrogen (secondary N) is 3. The van der Waals surface area contributed by atoms with Crippen molar-refractivity contribution in [2.24, 2.45) is 0 Å². The predicted molar refractivity (Wildman–Crippen MR) is 112 cm³/mol. The number of para-hydroxylation sites is 1. The van der Waals surface area contributed by atoms with Crippen LogP contribution in [0.4, 0.5) is 5.69 Å². The summed E-state index contributed by atoms with van der Waals surface area (Å²) < 4.78 is 0. The molecule has 1 aromatic carbocycles. The van der Waals surface area contributed by atoms with E-state index in [1.807, 2.05) is 24.6 Å². The number of hydrogen-bond acceptors (Lipinski definition) is 3. The number of rotatable bonds is 7. The van der Waals surface area contributed by atoms with Crippen molar-refractivity contribution in [3.8, 4) is 0 Å². The molecule has 28 heavy (non-hydrogen) atoms. The zero-order chi connectivity index (χ0) is 19.9. The fraction of sp³-hybridized carbons (Fsp3) is 0.400. The molecule has 0 radical (unpaired) electrons. The standard InChI is InChI=1S/C20H25ClN4O2S/c1-23(12-16-6-11-28-15-16)20(27)14-25-9-7-24(8-10-25)13-19(26)22-18-5-3-2-4-17(18)21/h2-6,11,15H,7-10,12-14H2,1H3,(H,22,26)/p+2. The lowest BCUT2D eigenvalue weighted by molar-refractivity contribution is -1.00. The highest BCUT2D eigenvalue weighted by molar-refractivity contribution is 7.07. The summed E-state index contributed by atoms with van der Waals surface area (Å²) in [6.07, 6.45) is 0. The van der Waals surface area contributed by atoms with Crippen molar-refractivity contribution in [3.05, 3.63) is 51.7 Å². The van der Waals surface area contributed by atoms with Gasteiger partial charge in [-0.1, -0.05) is 23.7 Å². The lowest BCUT2D eigenvalue weighted by atomic mass is 10.2. The molecular formula is C20H27ClN4O2S+2. The third-order valence-electron chi connectivity index (χ3n) is 5.05. The summed E-state index contributed by atoms with van der Waals surface area (Å²) in [6.45, 7) is 5.15. The summed E-state index contributed by atoms with van der Waals surface area (Å²) >= 11 is 7.74. The molecule has 0 atom stereocenters. The molecule has 1 saturated heterocycles. The van der Waals surface area contributed by atoms with E-state index >= 15 is 0 Å². The Balaban J connectivity index is 1.38. The Morgan fingerprint density at radius 1 is 1.11 bits per heavy atom. The summed E-state index contributed by atoms with van der Waals surface area (Å²) in [4.78, 5) is 29.1. The van der Waals surface area contributed by atoms with Crippen LogP contribution < -0.4 is 15.1 Å². The van der Waals surface area contributed by atoms with Crippen molar-refractivity contribution < 1.29 is 19.4 Å². The van der Waals surface area contributed by atoms with Crippen molar-refractivity contribution >= 4 is 40.4 Å². The van der Waals surface area contributed by atoms with Crippen LogP contribution in [0.1, 0.15) is 5.56 Å². The largest absolute Gasteiger partial charge is 0.337 e. The molecule has 1 aliphatic rings. The minimum Gasteiger partial charge on any atom is -0.337 e. The number of anilines is 1. The van der Waals surface area contributed by atoms with Gasteiger partial charge in [0, 0.05) is 13.6 Å². The predicted octanol–water partition coefficient (Wildman–Crippen LogP) is -0.218. The van der Waals surface area contributed by atoms with Crippen LogP contribution in [0.3, 0.4) is 0 Å². The van der Waals surface area contributed by atoms with Gasteiger partial charge in [0.25, 0.3) is 11.8 Å². The maximum Gasteiger partial charge on any atom is 0.279 e. The molecule has 150 valence electrons. The van der Waals surface area contributed by atoms with Crippen LogP contribution in [0, 0.1) is 0 Å². The van der Waals surface area contributed by atoms with Gasteiger partial charge in [-0.15, -0.1) is 0 Å². The van der Waals surface area contributed by atoms with Gasteiger partial charge < -0.3 is 20.0 Å². The molecule has 3 N–H and O–H groups in total. The highest BCUT2D eigenvalue weighted by Gasteiger charge is 2.27. The molecule has 1 aromatic heterocycles. The average Bonchev–Trinajstić information content (AvgIpc) is 3.18. The number of thiophene rings is 1. The first-order chi connectivity index (χ1) is 13.5. The number of hydrogen-bond donors (Lipinski definition) is 3. The van der Waals surface area contributed by atoms with Gasteiger partial charge in [-0.05, 0) is 34.5 Å². The fourth-order valence-electron chi connectivity index (χ4n) is 3.39. The topological polar surface area (TPSA) is 58.3 Å². The molecule has 0 saturated carbocycles. The van der Waals surface area contributed by atoms with Gasteiger partial charge in [0.1, 0.15) is 26.2 Å². The van der Waals surface area contributed by atoms with E-state index in [4.69, 9.17) is 11.6 Å². The molecule has 6 nitrogen and oxygen atoms in total. The molecule has 2 heterocycles. The molecule has 0 bridgehead atoms. The highest BCUT2D eigenvalue weighted by atomic mass is 35.5. The van der Waals surface area contributed by atoms with Gasteiger partial charge in [0.15, 0.2) is 13.1 Å². The number of amides is 2. The summed E-state index contributed by atoms with van der Waals surface area (Å²) in [5, 5.41) is 7.53. The smallest absolute Gasteiger partial charge is 0.279 e. The number of likely N-dealkylation sites (N-methyl/N-ethyl adjacent to an activating group) is 1. The summed E-state index contributed by atoms with van der Waals surface area (Å²) in [5.74, 6) is 0.138. The Labute approximate surface area is 174 Å². The molecule has 0 spiro atoms. The zero-order valence-electron chi connectivity index (χ0n) is 16.0. The van der Waals surface area contributed by atoms with Gasteiger partial charge in [-0.25, -0.2) is 0 Å². The minimum absolute atomic E-state index is 0.0295. The molecule has 0 aliphatic carbocycles. The molecule has 2 amide bonds. The second kappa shape index (κ2) is 10.0. The van der Waals surface area contributed by atoms with Crippen molar-refractivity contribution in [1.82, 2.24) is 4.90 Å². The first-order valence-corrected chi connectivity index (χ1v) is 10.8. The second-order valence-corrected chi connectivity index (χ2v) is 8.45. The normalized spacial score (nSPS) is 19.2. The Bertz CT molecular complexity index is 791. The van der Waals surface area contributed by atoms with Crippen molar-refractivity contribution in [2.45, 2.75) is 6.54 Å². The van der Waals surface area contributed by atoms with E-state index in [1.165, 1.54) is 15.4 Å². The average molecular weight is 423 g/mol. The van der Waals surface area contributed by atoms with Gasteiger partial charge in [-0.3, -0.25) is 9.59 Å². The SMILES string of the molecule is CN(Cc1ccsc1)C(=O)C[NH+]1CC[NH+](CC(=O)Nc2ccccc2Cl)CC1. The summed E-state index contributed by atoms with van der Waals surface area (Å²) in [7, 11) is 1.86. The molecule has 0 unspecified atom stereocenters. The van der Waals surface area contributed by atoms with Gasteiger partial charge in [0.2, 0.25) is 0 Å². The maximum atomic E-state index is 12.5. The Morgan fingerprint density at radius 2 is 1.79 bits per heavy atom. The molecule has 8 heteroatoms. The van der Waals surface area contributed by atoms with Gasteiger partial charge in [-0.2, -0.15) is 11.3 Å². The monoisotopic (exact) mass is 422 g/mol. The minimum atomic E-state index is -0.0295. The first-order valence-electron chi connectivity index (χ1n) is 9.48. The molecule has 1 aliphatic heterocycles. The Hall–Kier alpha value is -1.93. The van der Waals surface area contributed by atoms with E-state index in [0.717, 1.165) is 26.2 Å². The highest BCUT2D eigenvalue weighted by Crippen LogP contribution is 2.19. The van der Waals surface area contributed by atoms with E-state index in [1.54, 1.807) is 28.4 Å². The molecule has 2 aromatic rings. The number of quaternary nitrogens is 2. The molecule has 1 fully saturated rings. The van der Waals surface area contributed by atoms with Crippen LogP contribution >= 0.6 is 22.9 Å². The van der Waals surface area contributed by atoms with Crippen LogP contribution in [0.15, 0.2) is 41.1 Å². The van der Waals surface area contributed by atoms with E-state index in [2.05, 4.69) is 16.8 Å². The lowest BCUT2D eigenvalue weighted by Crippen LogP contribution is -3.28. The van der Waals surface area contributed by atoms with E-state index in [9.17, 15) is 9.59 Å². The van der Waals surface area contributed by atoms with Crippen molar-refractivity contribution in [1.29, 1.82) is 0 Å². The van der Waals surface area contributed by atoms with Crippen molar-refractivity contribution in [2.75, 3.05) is 51.6 Å². The second-order valence-electron chi connectivity index (χ2n) is 7.26. The van der Waals surface area contributed by atoms with Crippen LogP contribution in [-0.4, -0.2) is 63.0 Å². The van der Waals surface area contributed by atoms with Gasteiger partial charge in [0.05, 0.1) is 10.7 Å². The van der Waals surface area contributed by atoms with Crippen LogP contribution in [0.5, 0.6) is 0 Å². The number of carbonyl (C=O) groups excluding carboxylic acids is 2. The number of carbonyl (C=O) groups is 2. The third-order valence-corrected chi connectivity index (χ3v) is 6.11. The van der Waals surface area contributed by atoms with Gasteiger partial charge >= 0.3 is 0 Å². The number of benzene rings is 1. The van der Waals surface area contributed by atoms with Crippen molar-refractivity contribution in [3.63, 3.8) is 0 Å². The quantitative estimate of drug-likeness (QED) is 0.578. The van der Waals surface area contributed by atoms with E-state index in [-0.39, 0.29) is 11.8 Å². The van der Waals surface area contributed by atoms with Crippen LogP contribution in [-0.2, 0) is 16.1 Å². The lowest BCUT2D eigenvalue weighted by Gasteiger charge is -2.30. The number of piperazine rings is 1. The summed E-state index contributed by atoms with van der Waals surface area (Å²) in [6, 6.07) is 9.30. The number of halogens is 1. The molecule has 3 rings (SSSR count). The van der Waals surface area contributed by atoms with E-state index in [0.29, 0.717) is 30.3 Å². The van der Waals surface area contributed by atoms with E-state index < -0.39 is 0 Å². The molecular weight excluding hydrogens is 396 g/mol. The number of nitrogens with zero attached hydrogens (tertiary/aromatic N) is 1. The fourth-order valence-corrected chi connectivity index (χ4v) is 4.23. The Kier molecular flexibility index (Phi) is 7.44. The first kappa shape index (κ1) is 20.8. The van der Waals surface area contributed by atoms with Crippen LogP contribution in [0.25, 0.3) is 0 Å². The Morgan fingerprint density at radius 3 is 2.43 bits per heavy atom. The zero-order valence-corrected chi connectivity index (χ0v) is 17.6.